The van der Waals surface area contributed by atoms with Gasteiger partial charge >= 0.3 is 12.1 Å². The number of carboxylic acid groups (broad SMARTS) is 1. The number of carbonyl (C=O) groups excluding carboxylic acids is 1. The molecule has 0 radical (unpaired) electrons. The Morgan fingerprint density at radius 1 is 1.45 bits per heavy atom. The van der Waals surface area contributed by atoms with Gasteiger partial charge in [0, 0.05) is 38.0 Å². The molecule has 0 spiro atoms. The molecule has 1 aliphatic rings. The summed E-state index contributed by atoms with van der Waals surface area (Å²) in [4.78, 5) is 23.9. The van der Waals surface area contributed by atoms with Crippen molar-refractivity contribution < 1.29 is 19.4 Å². The quantitative estimate of drug-likeness (QED) is 0.517. The maximum Gasteiger partial charge on any atom is 0.410 e. The van der Waals surface area contributed by atoms with Gasteiger partial charge in [0.05, 0.1) is 5.57 Å². The Bertz CT molecular complexity index is 420. The molecule has 0 bridgehead atoms. The molecule has 1 heterocycles. The first kappa shape index (κ1) is 16.0. The lowest BCUT2D eigenvalue weighted by atomic mass is 10.0. The molecule has 0 atom stereocenters. The first-order valence-electron chi connectivity index (χ1n) is 6.38. The van der Waals surface area contributed by atoms with Gasteiger partial charge in [0.25, 0.3) is 0 Å². The van der Waals surface area contributed by atoms with E-state index < -0.39 is 11.6 Å². The maximum atomic E-state index is 11.7. The normalized spacial score (nSPS) is 16.4. The molecule has 0 saturated carbocycles. The summed E-state index contributed by atoms with van der Waals surface area (Å²) >= 11 is 0. The van der Waals surface area contributed by atoms with Crippen molar-refractivity contribution in [3.05, 3.63) is 11.8 Å². The third kappa shape index (κ3) is 4.91. The average molecular weight is 283 g/mol. The van der Waals surface area contributed by atoms with E-state index in [1.54, 1.807) is 4.90 Å². The van der Waals surface area contributed by atoms with E-state index in [2.05, 4.69) is 5.32 Å². The highest BCUT2D eigenvalue weighted by Crippen LogP contribution is 2.18. The van der Waals surface area contributed by atoms with Crippen molar-refractivity contribution in [2.75, 3.05) is 19.6 Å². The fourth-order valence-corrected chi connectivity index (χ4v) is 1.68. The van der Waals surface area contributed by atoms with Crippen molar-refractivity contribution in [3.8, 4) is 0 Å². The van der Waals surface area contributed by atoms with Crippen molar-refractivity contribution in [2.45, 2.75) is 26.4 Å². The van der Waals surface area contributed by atoms with Crippen LogP contribution in [-0.2, 0) is 9.53 Å². The number of nitrogens with one attached hydrogen (secondary N) is 2. The van der Waals surface area contributed by atoms with Crippen molar-refractivity contribution in [3.63, 3.8) is 0 Å². The fourth-order valence-electron chi connectivity index (χ4n) is 1.68. The molecule has 1 rings (SSSR count). The van der Waals surface area contributed by atoms with E-state index >= 15 is 0 Å². The zero-order chi connectivity index (χ0) is 15.3. The summed E-state index contributed by atoms with van der Waals surface area (Å²) in [5, 5.41) is 18.5. The van der Waals surface area contributed by atoms with Crippen LogP contribution in [0.5, 0.6) is 0 Å². The van der Waals surface area contributed by atoms with Gasteiger partial charge in [-0.05, 0) is 20.8 Å². The van der Waals surface area contributed by atoms with Crippen LogP contribution in [0.25, 0.3) is 0 Å². The molecule has 1 saturated heterocycles. The Balaban J connectivity index is 2.28. The highest BCUT2D eigenvalue weighted by molar-refractivity contribution is 6.07. The lowest BCUT2D eigenvalue weighted by Crippen LogP contribution is -2.54. The standard InChI is InChI=1S/C13H21N3O4/c1-13(2,3)20-12(19)16-7-9(8-16)5-15-6-10(4-14)11(17)18/h4,6,9,14-15H,5,7-8H2,1-3H3,(H,17,18)/b10-6+,14-4?. The first-order chi connectivity index (χ1) is 9.23. The van der Waals surface area contributed by atoms with Crippen molar-refractivity contribution in [1.82, 2.24) is 10.2 Å². The van der Waals surface area contributed by atoms with Gasteiger partial charge in [0.1, 0.15) is 5.60 Å². The summed E-state index contributed by atoms with van der Waals surface area (Å²) in [5.74, 6) is -0.879. The number of rotatable bonds is 5. The number of likely N-dealkylation sites (tertiary alicyclic amines) is 1. The van der Waals surface area contributed by atoms with Gasteiger partial charge in [-0.2, -0.15) is 0 Å². The van der Waals surface area contributed by atoms with Crippen molar-refractivity contribution >= 4 is 18.3 Å². The number of ether oxygens (including phenoxy) is 1. The Hall–Kier alpha value is -2.05. The van der Waals surface area contributed by atoms with Crippen LogP contribution in [0.4, 0.5) is 4.79 Å². The number of carboxylic acids is 1. The van der Waals surface area contributed by atoms with Gasteiger partial charge < -0.3 is 25.5 Å². The Morgan fingerprint density at radius 3 is 2.50 bits per heavy atom. The molecule has 7 heteroatoms. The number of amides is 1. The second-order valence-electron chi connectivity index (χ2n) is 5.71. The van der Waals surface area contributed by atoms with Gasteiger partial charge in [0.2, 0.25) is 0 Å². The molecule has 1 amide bonds. The third-order valence-corrected chi connectivity index (χ3v) is 2.68. The largest absolute Gasteiger partial charge is 0.478 e. The third-order valence-electron chi connectivity index (χ3n) is 2.68. The second-order valence-corrected chi connectivity index (χ2v) is 5.71. The molecular formula is C13H21N3O4. The van der Waals surface area contributed by atoms with E-state index in [0.29, 0.717) is 19.6 Å². The van der Waals surface area contributed by atoms with Crippen LogP contribution in [0.15, 0.2) is 11.8 Å². The number of aliphatic carboxylic acids is 1. The highest BCUT2D eigenvalue weighted by Gasteiger charge is 2.33. The van der Waals surface area contributed by atoms with Gasteiger partial charge in [-0.15, -0.1) is 0 Å². The summed E-state index contributed by atoms with van der Waals surface area (Å²) in [6, 6.07) is 0. The van der Waals surface area contributed by atoms with Crippen LogP contribution >= 0.6 is 0 Å². The second kappa shape index (κ2) is 6.40. The van der Waals surface area contributed by atoms with Crippen LogP contribution in [0.2, 0.25) is 0 Å². The van der Waals surface area contributed by atoms with Gasteiger partial charge in [-0.1, -0.05) is 0 Å². The summed E-state index contributed by atoms with van der Waals surface area (Å²) in [6.07, 6.45) is 1.75. The van der Waals surface area contributed by atoms with Gasteiger partial charge in [0.15, 0.2) is 0 Å². The van der Waals surface area contributed by atoms with Gasteiger partial charge in [-0.3, -0.25) is 0 Å². The van der Waals surface area contributed by atoms with E-state index in [0.717, 1.165) is 6.21 Å². The Kier molecular flexibility index (Phi) is 5.12. The molecule has 7 nitrogen and oxygen atoms in total. The molecule has 3 N–H and O–H groups in total. The van der Waals surface area contributed by atoms with Crippen molar-refractivity contribution in [2.24, 2.45) is 5.92 Å². The first-order valence-corrected chi connectivity index (χ1v) is 6.38. The monoisotopic (exact) mass is 283 g/mol. The SMILES string of the molecule is CC(C)(C)OC(=O)N1CC(CN/C=C(\C=N)C(=O)O)C1. The molecule has 112 valence electrons. The van der Waals surface area contributed by atoms with Crippen LogP contribution in [-0.4, -0.2) is 53.5 Å². The minimum Gasteiger partial charge on any atom is -0.478 e. The van der Waals surface area contributed by atoms with Crippen LogP contribution in [0, 0.1) is 11.3 Å². The molecular weight excluding hydrogens is 262 g/mol. The van der Waals surface area contributed by atoms with E-state index in [4.69, 9.17) is 15.3 Å². The number of hydrogen-bond donors (Lipinski definition) is 3. The molecule has 0 aromatic carbocycles. The van der Waals surface area contributed by atoms with Gasteiger partial charge in [-0.25, -0.2) is 9.59 Å². The topological polar surface area (TPSA) is 103 Å². The zero-order valence-electron chi connectivity index (χ0n) is 12.0. The van der Waals surface area contributed by atoms with E-state index in [-0.39, 0.29) is 17.6 Å². The lowest BCUT2D eigenvalue weighted by molar-refractivity contribution is -0.132. The Labute approximate surface area is 118 Å². The predicted molar refractivity (Wildman–Crippen MR) is 73.8 cm³/mol. The molecule has 0 aromatic heterocycles. The van der Waals surface area contributed by atoms with E-state index in [1.807, 2.05) is 20.8 Å². The van der Waals surface area contributed by atoms with Crippen LogP contribution in [0.1, 0.15) is 20.8 Å². The molecule has 1 aliphatic heterocycles. The average Bonchev–Trinajstić information content (AvgIpc) is 2.23. The molecule has 1 fully saturated rings. The summed E-state index contributed by atoms with van der Waals surface area (Å²) in [6.45, 7) is 7.19. The summed E-state index contributed by atoms with van der Waals surface area (Å²) < 4.78 is 5.23. The lowest BCUT2D eigenvalue weighted by Gasteiger charge is -2.39. The number of nitrogens with zero attached hydrogens (tertiary/aromatic N) is 1. The van der Waals surface area contributed by atoms with E-state index in [1.165, 1.54) is 6.20 Å². The summed E-state index contributed by atoms with van der Waals surface area (Å²) in [7, 11) is 0. The minimum absolute atomic E-state index is 0.103. The molecule has 0 aliphatic carbocycles. The Morgan fingerprint density at radius 2 is 2.05 bits per heavy atom. The zero-order valence-corrected chi connectivity index (χ0v) is 12.0. The minimum atomic E-state index is -1.14. The molecule has 20 heavy (non-hydrogen) atoms. The number of carbonyl (C=O) groups is 2. The maximum absolute atomic E-state index is 11.7. The van der Waals surface area contributed by atoms with Crippen LogP contribution < -0.4 is 5.32 Å². The summed E-state index contributed by atoms with van der Waals surface area (Å²) in [5.41, 5.74) is -0.600. The predicted octanol–water partition coefficient (Wildman–Crippen LogP) is 1.06. The number of hydrogen-bond acceptors (Lipinski definition) is 5. The molecule has 0 unspecified atom stereocenters. The highest BCUT2D eigenvalue weighted by atomic mass is 16.6. The van der Waals surface area contributed by atoms with E-state index in [9.17, 15) is 9.59 Å². The van der Waals surface area contributed by atoms with Crippen LogP contribution in [0.3, 0.4) is 0 Å². The smallest absolute Gasteiger partial charge is 0.410 e. The van der Waals surface area contributed by atoms with Crippen molar-refractivity contribution in [1.29, 1.82) is 5.41 Å². The molecule has 0 aromatic rings. The fraction of sp³-hybridized carbons (Fsp3) is 0.615.